The number of epoxide rings is 1. The van der Waals surface area contributed by atoms with E-state index in [0.29, 0.717) is 19.3 Å². The van der Waals surface area contributed by atoms with Crippen LogP contribution in [0.1, 0.15) is 5.56 Å². The summed E-state index contributed by atoms with van der Waals surface area (Å²) < 4.78 is 11.6. The molecule has 2 nitrogen and oxygen atoms in total. The van der Waals surface area contributed by atoms with Crippen LogP contribution in [-0.2, 0) is 16.1 Å². The van der Waals surface area contributed by atoms with Gasteiger partial charge in [0.1, 0.15) is 6.10 Å². The summed E-state index contributed by atoms with van der Waals surface area (Å²) in [5.41, 5.74) is 1.18. The highest BCUT2D eigenvalue weighted by Gasteiger charge is 2.22. The fourth-order valence-electron chi connectivity index (χ4n) is 1.08. The van der Waals surface area contributed by atoms with Gasteiger partial charge in [-0.15, -0.1) is 0 Å². The summed E-state index contributed by atoms with van der Waals surface area (Å²) in [5.74, 6) is 0. The van der Waals surface area contributed by atoms with Crippen molar-refractivity contribution >= 4 is 15.9 Å². The van der Waals surface area contributed by atoms with Crippen molar-refractivity contribution in [2.45, 2.75) is 12.7 Å². The van der Waals surface area contributed by atoms with Crippen molar-refractivity contribution in [3.8, 4) is 0 Å². The van der Waals surface area contributed by atoms with Crippen molar-refractivity contribution in [3.05, 3.63) is 34.3 Å². The van der Waals surface area contributed by atoms with Gasteiger partial charge in [-0.2, -0.15) is 0 Å². The van der Waals surface area contributed by atoms with E-state index in [4.69, 9.17) is 9.47 Å². The molecule has 1 aliphatic heterocycles. The Morgan fingerprint density at radius 1 is 1.46 bits per heavy atom. The molecule has 1 heterocycles. The number of benzene rings is 1. The second kappa shape index (κ2) is 4.22. The normalized spacial score (nSPS) is 20.2. The first-order valence-electron chi connectivity index (χ1n) is 4.29. The lowest BCUT2D eigenvalue weighted by atomic mass is 10.2. The maximum Gasteiger partial charge on any atom is 0.104 e. The molecule has 0 aliphatic carbocycles. The number of rotatable bonds is 4. The van der Waals surface area contributed by atoms with Crippen molar-refractivity contribution in [2.24, 2.45) is 0 Å². The average Bonchev–Trinajstić information content (AvgIpc) is 2.92. The van der Waals surface area contributed by atoms with Gasteiger partial charge in [0.25, 0.3) is 0 Å². The molecular weight excluding hydrogens is 232 g/mol. The molecule has 1 saturated heterocycles. The lowest BCUT2D eigenvalue weighted by molar-refractivity contribution is 0.104. The summed E-state index contributed by atoms with van der Waals surface area (Å²) >= 11 is 3.47. The van der Waals surface area contributed by atoms with E-state index in [-0.39, 0.29) is 0 Å². The minimum Gasteiger partial charge on any atom is -0.374 e. The van der Waals surface area contributed by atoms with E-state index in [1.54, 1.807) is 0 Å². The number of ether oxygens (including phenoxy) is 2. The predicted octanol–water partition coefficient (Wildman–Crippen LogP) is 2.36. The zero-order valence-electron chi connectivity index (χ0n) is 7.20. The Kier molecular flexibility index (Phi) is 2.98. The molecule has 3 heteroatoms. The lowest BCUT2D eigenvalue weighted by Gasteiger charge is -2.04. The molecule has 0 aromatic heterocycles. The molecule has 0 spiro atoms. The molecule has 13 heavy (non-hydrogen) atoms. The fraction of sp³-hybridized carbons (Fsp3) is 0.400. The highest BCUT2D eigenvalue weighted by Crippen LogP contribution is 2.17. The molecule has 1 fully saturated rings. The monoisotopic (exact) mass is 242 g/mol. The first-order chi connectivity index (χ1) is 6.36. The van der Waals surface area contributed by atoms with E-state index >= 15 is 0 Å². The van der Waals surface area contributed by atoms with Gasteiger partial charge in [-0.3, -0.25) is 0 Å². The SMILES string of the molecule is Brc1ccccc1COC[C@@H]1CO1. The van der Waals surface area contributed by atoms with Crippen LogP contribution in [0.5, 0.6) is 0 Å². The first kappa shape index (κ1) is 9.19. The summed E-state index contributed by atoms with van der Waals surface area (Å²) in [6.07, 6.45) is 0.350. The minimum atomic E-state index is 0.350. The smallest absolute Gasteiger partial charge is 0.104 e. The minimum absolute atomic E-state index is 0.350. The zero-order valence-corrected chi connectivity index (χ0v) is 8.79. The van der Waals surface area contributed by atoms with Gasteiger partial charge in [-0.05, 0) is 11.6 Å². The van der Waals surface area contributed by atoms with E-state index in [1.807, 2.05) is 18.2 Å². The molecule has 0 saturated carbocycles. The van der Waals surface area contributed by atoms with E-state index < -0.39 is 0 Å². The van der Waals surface area contributed by atoms with Crippen LogP contribution < -0.4 is 0 Å². The molecule has 1 atom stereocenters. The molecule has 0 unspecified atom stereocenters. The quantitative estimate of drug-likeness (QED) is 0.757. The molecule has 0 radical (unpaired) electrons. The van der Waals surface area contributed by atoms with E-state index in [0.717, 1.165) is 11.1 Å². The van der Waals surface area contributed by atoms with Crippen molar-refractivity contribution in [1.82, 2.24) is 0 Å². The van der Waals surface area contributed by atoms with Crippen LogP contribution in [0, 0.1) is 0 Å². The van der Waals surface area contributed by atoms with Gasteiger partial charge in [-0.25, -0.2) is 0 Å². The number of hydrogen-bond acceptors (Lipinski definition) is 2. The van der Waals surface area contributed by atoms with Crippen LogP contribution >= 0.6 is 15.9 Å². The van der Waals surface area contributed by atoms with Gasteiger partial charge in [0.05, 0.1) is 19.8 Å². The standard InChI is InChI=1S/C10H11BrO2/c11-10-4-2-1-3-8(10)5-12-6-9-7-13-9/h1-4,9H,5-7H2/t9-/m1/s1. The molecule has 2 rings (SSSR count). The van der Waals surface area contributed by atoms with Gasteiger partial charge in [0, 0.05) is 4.47 Å². The van der Waals surface area contributed by atoms with Crippen molar-refractivity contribution < 1.29 is 9.47 Å². The topological polar surface area (TPSA) is 21.8 Å². The van der Waals surface area contributed by atoms with Crippen LogP contribution in [0.15, 0.2) is 28.7 Å². The lowest BCUT2D eigenvalue weighted by Crippen LogP contribution is -2.01. The third-order valence-corrected chi connectivity index (χ3v) is 2.70. The highest BCUT2D eigenvalue weighted by atomic mass is 79.9. The predicted molar refractivity (Wildman–Crippen MR) is 53.5 cm³/mol. The Balaban J connectivity index is 1.82. The maximum atomic E-state index is 5.47. The van der Waals surface area contributed by atoms with Gasteiger partial charge in [0.2, 0.25) is 0 Å². The van der Waals surface area contributed by atoms with Gasteiger partial charge in [-0.1, -0.05) is 34.1 Å². The Bertz CT molecular complexity index is 284. The molecule has 0 N–H and O–H groups in total. The third-order valence-electron chi connectivity index (χ3n) is 1.92. The zero-order chi connectivity index (χ0) is 9.10. The Morgan fingerprint density at radius 3 is 2.92 bits per heavy atom. The molecular formula is C10H11BrO2. The number of halogens is 1. The van der Waals surface area contributed by atoms with Gasteiger partial charge in [0.15, 0.2) is 0 Å². The average molecular weight is 243 g/mol. The molecule has 1 aromatic carbocycles. The van der Waals surface area contributed by atoms with Crippen molar-refractivity contribution in [2.75, 3.05) is 13.2 Å². The second-order valence-corrected chi connectivity index (χ2v) is 3.92. The molecule has 0 amide bonds. The largest absolute Gasteiger partial charge is 0.374 e. The second-order valence-electron chi connectivity index (χ2n) is 3.06. The highest BCUT2D eigenvalue weighted by molar-refractivity contribution is 9.10. The van der Waals surface area contributed by atoms with Crippen LogP contribution in [0.2, 0.25) is 0 Å². The van der Waals surface area contributed by atoms with E-state index in [1.165, 1.54) is 5.56 Å². The van der Waals surface area contributed by atoms with Crippen LogP contribution in [0.25, 0.3) is 0 Å². The summed E-state index contributed by atoms with van der Waals surface area (Å²) in [5, 5.41) is 0. The maximum absolute atomic E-state index is 5.47. The molecule has 1 aromatic rings. The summed E-state index contributed by atoms with van der Waals surface area (Å²) in [4.78, 5) is 0. The third kappa shape index (κ3) is 2.79. The van der Waals surface area contributed by atoms with Crippen molar-refractivity contribution in [3.63, 3.8) is 0 Å². The van der Waals surface area contributed by atoms with E-state index in [9.17, 15) is 0 Å². The summed E-state index contributed by atoms with van der Waals surface area (Å²) in [6.45, 7) is 2.22. The summed E-state index contributed by atoms with van der Waals surface area (Å²) in [7, 11) is 0. The van der Waals surface area contributed by atoms with Crippen LogP contribution in [-0.4, -0.2) is 19.3 Å². The fourth-order valence-corrected chi connectivity index (χ4v) is 1.48. The van der Waals surface area contributed by atoms with E-state index in [2.05, 4.69) is 22.0 Å². The van der Waals surface area contributed by atoms with Crippen LogP contribution in [0.4, 0.5) is 0 Å². The van der Waals surface area contributed by atoms with Gasteiger partial charge < -0.3 is 9.47 Å². The number of hydrogen-bond donors (Lipinski definition) is 0. The van der Waals surface area contributed by atoms with Crippen molar-refractivity contribution in [1.29, 1.82) is 0 Å². The van der Waals surface area contributed by atoms with Gasteiger partial charge >= 0.3 is 0 Å². The Labute approximate surface area is 86.0 Å². The Morgan fingerprint density at radius 2 is 2.23 bits per heavy atom. The van der Waals surface area contributed by atoms with Crippen LogP contribution in [0.3, 0.4) is 0 Å². The molecule has 70 valence electrons. The Hall–Kier alpha value is -0.380. The first-order valence-corrected chi connectivity index (χ1v) is 5.08. The molecule has 1 aliphatic rings. The molecule has 0 bridgehead atoms. The summed E-state index contributed by atoms with van der Waals surface area (Å²) in [6, 6.07) is 8.08.